The molecule has 0 unspecified atom stereocenters. The fourth-order valence-electron chi connectivity index (χ4n) is 4.47. The van der Waals surface area contributed by atoms with Gasteiger partial charge in [0.2, 0.25) is 0 Å². The van der Waals surface area contributed by atoms with E-state index in [4.69, 9.17) is 21.1 Å². The topological polar surface area (TPSA) is 100 Å². The number of hydrogen-bond donors (Lipinski definition) is 2. The van der Waals surface area contributed by atoms with Crippen molar-refractivity contribution in [2.24, 2.45) is 0 Å². The molecule has 0 spiro atoms. The number of nitriles is 1. The molecule has 0 atom stereocenters. The van der Waals surface area contributed by atoms with Gasteiger partial charge in [0.15, 0.2) is 0 Å². The molecular formula is C33H31ClN4O3S. The average Bonchev–Trinajstić information content (AvgIpc) is 3.48. The SMILES string of the molecule is Cc1c(COc2cc(OCc3cncc(C#N)c3)c(CNC(C)(C)CO)cc2Cl)cccc1-c1ccc2ncsc2c1. The largest absolute Gasteiger partial charge is 0.488 e. The number of aliphatic hydroxyl groups is 1. The lowest BCUT2D eigenvalue weighted by Gasteiger charge is -2.25. The van der Waals surface area contributed by atoms with Crippen molar-refractivity contribution in [2.45, 2.75) is 46.1 Å². The molecule has 0 amide bonds. The smallest absolute Gasteiger partial charge is 0.142 e. The molecule has 5 aromatic rings. The quantitative estimate of drug-likeness (QED) is 0.166. The maximum absolute atomic E-state index is 9.70. The van der Waals surface area contributed by atoms with Gasteiger partial charge >= 0.3 is 0 Å². The standard InChI is InChI=1S/C33H31ClN4O3S/c1-21-25(5-4-6-27(21)24-7-8-29-32(11-24)42-20-37-29)18-41-31-12-30(40-17-23-9-22(13-35)14-36-15-23)26(10-28(31)34)16-38-33(2,3)19-39/h4-12,14-15,20,38-39H,16-19H2,1-3H3. The maximum atomic E-state index is 9.70. The molecular weight excluding hydrogens is 568 g/mol. The molecule has 0 aliphatic rings. The van der Waals surface area contributed by atoms with Gasteiger partial charge in [-0.05, 0) is 67.3 Å². The predicted molar refractivity (Wildman–Crippen MR) is 167 cm³/mol. The third-order valence-electron chi connectivity index (χ3n) is 7.06. The number of rotatable bonds is 11. The van der Waals surface area contributed by atoms with Crippen LogP contribution in [0.15, 0.2) is 72.5 Å². The van der Waals surface area contributed by atoms with E-state index in [9.17, 15) is 10.4 Å². The van der Waals surface area contributed by atoms with Gasteiger partial charge in [0, 0.05) is 41.7 Å². The first-order chi connectivity index (χ1) is 20.3. The first-order valence-electron chi connectivity index (χ1n) is 13.5. The summed E-state index contributed by atoms with van der Waals surface area (Å²) < 4.78 is 13.6. The highest BCUT2D eigenvalue weighted by Crippen LogP contribution is 2.35. The van der Waals surface area contributed by atoms with Crippen molar-refractivity contribution in [1.82, 2.24) is 15.3 Å². The summed E-state index contributed by atoms with van der Waals surface area (Å²) in [6.07, 6.45) is 3.18. The Kier molecular flexibility index (Phi) is 9.05. The molecule has 214 valence electrons. The number of nitrogens with one attached hydrogen (secondary N) is 1. The monoisotopic (exact) mass is 598 g/mol. The van der Waals surface area contributed by atoms with Crippen LogP contribution in [0, 0.1) is 18.3 Å². The minimum absolute atomic E-state index is 0.0266. The van der Waals surface area contributed by atoms with Gasteiger partial charge in [0.25, 0.3) is 0 Å². The molecule has 2 N–H and O–H groups in total. The molecule has 2 aromatic heterocycles. The molecule has 5 rings (SSSR count). The number of benzene rings is 3. The Morgan fingerprint density at radius 3 is 2.67 bits per heavy atom. The second kappa shape index (κ2) is 12.9. The van der Waals surface area contributed by atoms with Gasteiger partial charge in [-0.25, -0.2) is 4.98 Å². The number of thiazole rings is 1. The molecule has 0 aliphatic carbocycles. The van der Waals surface area contributed by atoms with Crippen LogP contribution >= 0.6 is 22.9 Å². The summed E-state index contributed by atoms with van der Waals surface area (Å²) in [5, 5.41) is 22.7. The molecule has 0 saturated heterocycles. The molecule has 0 bridgehead atoms. The Balaban J connectivity index is 1.39. The van der Waals surface area contributed by atoms with E-state index in [1.807, 2.05) is 31.5 Å². The number of hydrogen-bond acceptors (Lipinski definition) is 8. The lowest BCUT2D eigenvalue weighted by Crippen LogP contribution is -2.42. The van der Waals surface area contributed by atoms with Crippen molar-refractivity contribution in [3.63, 3.8) is 0 Å². The average molecular weight is 599 g/mol. The van der Waals surface area contributed by atoms with Crippen LogP contribution in [-0.4, -0.2) is 27.2 Å². The van der Waals surface area contributed by atoms with Gasteiger partial charge in [0.1, 0.15) is 30.8 Å². The number of fused-ring (bicyclic) bond motifs is 1. The molecule has 42 heavy (non-hydrogen) atoms. The van der Waals surface area contributed by atoms with Crippen LogP contribution in [-0.2, 0) is 19.8 Å². The van der Waals surface area contributed by atoms with Crippen LogP contribution in [0.25, 0.3) is 21.3 Å². The zero-order chi connectivity index (χ0) is 29.7. The maximum Gasteiger partial charge on any atom is 0.142 e. The Morgan fingerprint density at radius 1 is 1.02 bits per heavy atom. The van der Waals surface area contributed by atoms with Crippen molar-refractivity contribution in [3.05, 3.63) is 105 Å². The molecule has 0 aliphatic heterocycles. The summed E-state index contributed by atoms with van der Waals surface area (Å²) in [5.74, 6) is 1.08. The number of aromatic nitrogens is 2. The van der Waals surface area contributed by atoms with Crippen molar-refractivity contribution >= 4 is 33.2 Å². The Bertz CT molecular complexity index is 1760. The Labute approximate surface area is 254 Å². The van der Waals surface area contributed by atoms with E-state index in [1.54, 1.807) is 29.7 Å². The van der Waals surface area contributed by atoms with Crippen LogP contribution in [0.1, 0.15) is 41.7 Å². The third kappa shape index (κ3) is 6.89. The fourth-order valence-corrected chi connectivity index (χ4v) is 5.43. The van der Waals surface area contributed by atoms with Crippen LogP contribution in [0.3, 0.4) is 0 Å². The summed E-state index contributed by atoms with van der Waals surface area (Å²) in [6, 6.07) is 20.0. The number of pyridine rings is 1. The normalized spacial score (nSPS) is 11.4. The summed E-state index contributed by atoms with van der Waals surface area (Å²) >= 11 is 8.34. The zero-order valence-corrected chi connectivity index (χ0v) is 25.2. The van der Waals surface area contributed by atoms with E-state index in [-0.39, 0.29) is 13.2 Å². The summed E-state index contributed by atoms with van der Waals surface area (Å²) in [5.41, 5.74) is 8.88. The van der Waals surface area contributed by atoms with Crippen molar-refractivity contribution in [3.8, 4) is 28.7 Å². The first kappa shape index (κ1) is 29.5. The second-order valence-corrected chi connectivity index (χ2v) is 12.0. The lowest BCUT2D eigenvalue weighted by atomic mass is 9.96. The van der Waals surface area contributed by atoms with Crippen LogP contribution in [0.5, 0.6) is 11.5 Å². The van der Waals surface area contributed by atoms with Gasteiger partial charge in [-0.15, -0.1) is 11.3 Å². The predicted octanol–water partition coefficient (Wildman–Crippen LogP) is 7.21. The van der Waals surface area contributed by atoms with Crippen LogP contribution < -0.4 is 14.8 Å². The van der Waals surface area contributed by atoms with Crippen LogP contribution in [0.2, 0.25) is 5.02 Å². The van der Waals surface area contributed by atoms with Crippen molar-refractivity contribution in [1.29, 1.82) is 5.26 Å². The highest BCUT2D eigenvalue weighted by molar-refractivity contribution is 7.16. The summed E-state index contributed by atoms with van der Waals surface area (Å²) in [6.45, 7) is 6.86. The lowest BCUT2D eigenvalue weighted by molar-refractivity contribution is 0.186. The summed E-state index contributed by atoms with van der Waals surface area (Å²) in [4.78, 5) is 8.51. The third-order valence-corrected chi connectivity index (χ3v) is 8.14. The summed E-state index contributed by atoms with van der Waals surface area (Å²) in [7, 11) is 0. The van der Waals surface area contributed by atoms with Gasteiger partial charge < -0.3 is 19.9 Å². The van der Waals surface area contributed by atoms with E-state index in [1.165, 1.54) is 6.20 Å². The van der Waals surface area contributed by atoms with Crippen LogP contribution in [0.4, 0.5) is 0 Å². The molecule has 0 saturated carbocycles. The van der Waals surface area contributed by atoms with Gasteiger partial charge in [-0.1, -0.05) is 35.9 Å². The zero-order valence-electron chi connectivity index (χ0n) is 23.6. The number of aliphatic hydroxyl groups excluding tert-OH is 1. The highest BCUT2D eigenvalue weighted by Gasteiger charge is 2.19. The number of nitrogens with zero attached hydrogens (tertiary/aromatic N) is 3. The van der Waals surface area contributed by atoms with Crippen molar-refractivity contribution < 1.29 is 14.6 Å². The van der Waals surface area contributed by atoms with E-state index in [0.29, 0.717) is 35.2 Å². The van der Waals surface area contributed by atoms with Gasteiger partial charge in [-0.3, -0.25) is 4.98 Å². The Morgan fingerprint density at radius 2 is 1.86 bits per heavy atom. The van der Waals surface area contributed by atoms with E-state index < -0.39 is 5.54 Å². The molecule has 0 radical (unpaired) electrons. The number of halogens is 1. The molecule has 0 fully saturated rings. The number of ether oxygens (including phenoxy) is 2. The van der Waals surface area contributed by atoms with E-state index in [2.05, 4.69) is 58.6 Å². The minimum atomic E-state index is -0.489. The molecule has 7 nitrogen and oxygen atoms in total. The fraction of sp³-hybridized carbons (Fsp3) is 0.242. The minimum Gasteiger partial charge on any atom is -0.488 e. The van der Waals surface area contributed by atoms with Gasteiger partial charge in [-0.2, -0.15) is 5.26 Å². The molecule has 3 aromatic carbocycles. The van der Waals surface area contributed by atoms with E-state index in [0.717, 1.165) is 43.6 Å². The Hall–Kier alpha value is -4.00. The molecule has 2 heterocycles. The highest BCUT2D eigenvalue weighted by atomic mass is 35.5. The first-order valence-corrected chi connectivity index (χ1v) is 14.7. The molecule has 9 heteroatoms. The van der Waals surface area contributed by atoms with Gasteiger partial charge in [0.05, 0.1) is 32.9 Å². The van der Waals surface area contributed by atoms with Crippen molar-refractivity contribution in [2.75, 3.05) is 6.61 Å². The van der Waals surface area contributed by atoms with E-state index >= 15 is 0 Å². The second-order valence-electron chi connectivity index (χ2n) is 10.7.